The normalized spacial score (nSPS) is 15.0. The fourth-order valence-electron chi connectivity index (χ4n) is 2.13. The number of nitrogens with one attached hydrogen (secondary N) is 1. The van der Waals surface area contributed by atoms with E-state index in [-0.39, 0.29) is 12.3 Å². The number of benzene rings is 1. The van der Waals surface area contributed by atoms with Gasteiger partial charge in [0.15, 0.2) is 11.5 Å². The molecule has 3 amide bonds. The molecule has 0 aromatic heterocycles. The average Bonchev–Trinajstić information content (AvgIpc) is 2.81. The first kappa shape index (κ1) is 17.9. The van der Waals surface area contributed by atoms with E-state index in [1.807, 2.05) is 0 Å². The SMILES string of the molecule is C#CCOc1ccc(/C=C2/NC(=O)N(CC(=O)[O-])C2=O)cc1OCC. The van der Waals surface area contributed by atoms with Gasteiger partial charge in [0.2, 0.25) is 0 Å². The monoisotopic (exact) mass is 343 g/mol. The summed E-state index contributed by atoms with van der Waals surface area (Å²) in [4.78, 5) is 34.9. The highest BCUT2D eigenvalue weighted by Crippen LogP contribution is 2.29. The summed E-state index contributed by atoms with van der Waals surface area (Å²) in [7, 11) is 0. The summed E-state index contributed by atoms with van der Waals surface area (Å²) in [5, 5.41) is 12.9. The van der Waals surface area contributed by atoms with Gasteiger partial charge in [-0.2, -0.15) is 0 Å². The molecule has 8 nitrogen and oxygen atoms in total. The molecule has 1 aliphatic rings. The molecule has 0 saturated carbocycles. The lowest BCUT2D eigenvalue weighted by atomic mass is 10.1. The molecule has 1 heterocycles. The van der Waals surface area contributed by atoms with E-state index in [0.717, 1.165) is 0 Å². The quantitative estimate of drug-likeness (QED) is 0.415. The van der Waals surface area contributed by atoms with Crippen LogP contribution in [0, 0.1) is 12.3 Å². The summed E-state index contributed by atoms with van der Waals surface area (Å²) in [5.41, 5.74) is 0.501. The molecule has 1 N–H and O–H groups in total. The molecule has 0 radical (unpaired) electrons. The Balaban J connectivity index is 2.27. The predicted molar refractivity (Wildman–Crippen MR) is 85.2 cm³/mol. The molecule has 1 saturated heterocycles. The summed E-state index contributed by atoms with van der Waals surface area (Å²) in [5.74, 6) is 0.943. The Morgan fingerprint density at radius 3 is 2.76 bits per heavy atom. The third-order valence-electron chi connectivity index (χ3n) is 3.14. The van der Waals surface area contributed by atoms with Gasteiger partial charge >= 0.3 is 6.03 Å². The minimum atomic E-state index is -1.53. The highest BCUT2D eigenvalue weighted by Gasteiger charge is 2.33. The molecule has 1 fully saturated rings. The lowest BCUT2D eigenvalue weighted by Gasteiger charge is -2.12. The second-order valence-electron chi connectivity index (χ2n) is 4.88. The van der Waals surface area contributed by atoms with Crippen LogP contribution in [-0.4, -0.2) is 42.6 Å². The van der Waals surface area contributed by atoms with E-state index >= 15 is 0 Å². The number of urea groups is 1. The fourth-order valence-corrected chi connectivity index (χ4v) is 2.13. The van der Waals surface area contributed by atoms with Gasteiger partial charge < -0.3 is 24.7 Å². The molecule has 8 heteroatoms. The number of aliphatic carboxylic acids is 1. The molecule has 1 aliphatic heterocycles. The second-order valence-corrected chi connectivity index (χ2v) is 4.88. The van der Waals surface area contributed by atoms with Crippen LogP contribution < -0.4 is 19.9 Å². The first-order chi connectivity index (χ1) is 12.0. The number of carboxylic acid groups (broad SMARTS) is 1. The predicted octanol–water partition coefficient (Wildman–Crippen LogP) is -0.260. The number of hydrogen-bond acceptors (Lipinski definition) is 6. The third-order valence-corrected chi connectivity index (χ3v) is 3.14. The maximum absolute atomic E-state index is 12.1. The summed E-state index contributed by atoms with van der Waals surface area (Å²) >= 11 is 0. The van der Waals surface area contributed by atoms with Crippen LogP contribution in [-0.2, 0) is 9.59 Å². The van der Waals surface area contributed by atoms with Crippen molar-refractivity contribution in [3.05, 3.63) is 29.5 Å². The Morgan fingerprint density at radius 1 is 1.36 bits per heavy atom. The zero-order valence-corrected chi connectivity index (χ0v) is 13.4. The van der Waals surface area contributed by atoms with Crippen LogP contribution in [0.1, 0.15) is 12.5 Å². The number of rotatable bonds is 7. The zero-order chi connectivity index (χ0) is 18.4. The topological polar surface area (TPSA) is 108 Å². The molecule has 1 aromatic rings. The van der Waals surface area contributed by atoms with Crippen molar-refractivity contribution >= 4 is 24.0 Å². The lowest BCUT2D eigenvalue weighted by Crippen LogP contribution is -2.41. The Labute approximate surface area is 144 Å². The number of imide groups is 1. The number of carbonyl (C=O) groups is 3. The van der Waals surface area contributed by atoms with E-state index < -0.39 is 24.5 Å². The number of hydrogen-bond donors (Lipinski definition) is 1. The van der Waals surface area contributed by atoms with E-state index in [1.54, 1.807) is 25.1 Å². The van der Waals surface area contributed by atoms with Crippen molar-refractivity contribution in [3.8, 4) is 23.8 Å². The van der Waals surface area contributed by atoms with Crippen LogP contribution >= 0.6 is 0 Å². The molecular weight excluding hydrogens is 328 g/mol. The van der Waals surface area contributed by atoms with Gasteiger partial charge in [0.25, 0.3) is 5.91 Å². The molecule has 0 unspecified atom stereocenters. The van der Waals surface area contributed by atoms with Crippen molar-refractivity contribution in [2.75, 3.05) is 19.8 Å². The molecule has 2 rings (SSSR count). The molecular formula is C17H15N2O6-. The average molecular weight is 343 g/mol. The molecule has 130 valence electrons. The van der Waals surface area contributed by atoms with Crippen LogP contribution in [0.3, 0.4) is 0 Å². The van der Waals surface area contributed by atoms with Crippen LogP contribution in [0.15, 0.2) is 23.9 Å². The van der Waals surface area contributed by atoms with Gasteiger partial charge in [0, 0.05) is 0 Å². The minimum Gasteiger partial charge on any atom is -0.548 e. The lowest BCUT2D eigenvalue weighted by molar-refractivity contribution is -0.305. The van der Waals surface area contributed by atoms with Gasteiger partial charge in [0.1, 0.15) is 12.3 Å². The van der Waals surface area contributed by atoms with Crippen LogP contribution in [0.4, 0.5) is 4.79 Å². The van der Waals surface area contributed by atoms with Gasteiger partial charge in [-0.3, -0.25) is 9.69 Å². The van der Waals surface area contributed by atoms with Crippen LogP contribution in [0.25, 0.3) is 6.08 Å². The number of carboxylic acids is 1. The molecule has 0 bridgehead atoms. The van der Waals surface area contributed by atoms with Crippen molar-refractivity contribution in [3.63, 3.8) is 0 Å². The van der Waals surface area contributed by atoms with E-state index in [2.05, 4.69) is 11.2 Å². The number of terminal acetylenes is 1. The smallest absolute Gasteiger partial charge is 0.329 e. The fraction of sp³-hybridized carbons (Fsp3) is 0.235. The standard InChI is InChI=1S/C17H16N2O6/c1-3-7-25-13-6-5-11(9-14(13)24-4-2)8-12-16(22)19(10-15(20)21)17(23)18-12/h1,5-6,8-9H,4,7,10H2,2H3,(H,18,23)(H,20,21)/p-1/b12-8+. The highest BCUT2D eigenvalue weighted by molar-refractivity contribution is 6.15. The maximum atomic E-state index is 12.1. The maximum Gasteiger partial charge on any atom is 0.329 e. The largest absolute Gasteiger partial charge is 0.548 e. The van der Waals surface area contributed by atoms with Gasteiger partial charge in [-0.1, -0.05) is 12.0 Å². The number of carbonyl (C=O) groups excluding carboxylic acids is 3. The summed E-state index contributed by atoms with van der Waals surface area (Å²) in [6.45, 7) is 1.45. The first-order valence-electron chi connectivity index (χ1n) is 7.33. The van der Waals surface area contributed by atoms with Crippen LogP contribution in [0.5, 0.6) is 11.5 Å². The molecule has 0 atom stereocenters. The number of nitrogens with zero attached hydrogens (tertiary/aromatic N) is 1. The number of ether oxygens (including phenoxy) is 2. The molecule has 0 aliphatic carbocycles. The first-order valence-corrected chi connectivity index (χ1v) is 7.33. The van der Waals surface area contributed by atoms with Crippen LogP contribution in [0.2, 0.25) is 0 Å². The van der Waals surface area contributed by atoms with E-state index in [0.29, 0.717) is 28.6 Å². The third kappa shape index (κ3) is 4.29. The van der Waals surface area contributed by atoms with E-state index in [1.165, 1.54) is 6.08 Å². The van der Waals surface area contributed by atoms with Crippen molar-refractivity contribution in [1.29, 1.82) is 0 Å². The second kappa shape index (κ2) is 7.88. The van der Waals surface area contributed by atoms with Crippen molar-refractivity contribution < 1.29 is 29.0 Å². The Kier molecular flexibility index (Phi) is 5.63. The molecule has 25 heavy (non-hydrogen) atoms. The summed E-state index contributed by atoms with van der Waals surface area (Å²) in [6.07, 6.45) is 6.57. The Morgan fingerprint density at radius 2 is 2.12 bits per heavy atom. The van der Waals surface area contributed by atoms with Gasteiger partial charge in [0.05, 0.1) is 19.1 Å². The van der Waals surface area contributed by atoms with Crippen molar-refractivity contribution in [2.45, 2.75) is 6.92 Å². The van der Waals surface area contributed by atoms with E-state index in [9.17, 15) is 19.5 Å². The van der Waals surface area contributed by atoms with Crippen molar-refractivity contribution in [1.82, 2.24) is 10.2 Å². The Bertz CT molecular complexity index is 778. The molecule has 0 spiro atoms. The van der Waals surface area contributed by atoms with Crippen molar-refractivity contribution in [2.24, 2.45) is 0 Å². The summed E-state index contributed by atoms with van der Waals surface area (Å²) < 4.78 is 10.8. The van der Waals surface area contributed by atoms with E-state index in [4.69, 9.17) is 15.9 Å². The minimum absolute atomic E-state index is 0.0500. The highest BCUT2D eigenvalue weighted by atomic mass is 16.5. The van der Waals surface area contributed by atoms with Gasteiger partial charge in [-0.05, 0) is 30.7 Å². The number of amides is 3. The zero-order valence-electron chi connectivity index (χ0n) is 13.4. The van der Waals surface area contributed by atoms with Gasteiger partial charge in [-0.25, -0.2) is 4.79 Å². The van der Waals surface area contributed by atoms with Gasteiger partial charge in [-0.15, -0.1) is 6.42 Å². The molecule has 1 aromatic carbocycles. The Hall–Kier alpha value is -3.47. The summed E-state index contributed by atoms with van der Waals surface area (Å²) in [6, 6.07) is 4.06.